The fourth-order valence-electron chi connectivity index (χ4n) is 2.99. The first-order chi connectivity index (χ1) is 12.5. The molecule has 0 bridgehead atoms. The summed E-state index contributed by atoms with van der Waals surface area (Å²) in [7, 11) is 0. The second kappa shape index (κ2) is 6.03. The standard InChI is InChI=1S/C17H12F2N4O2S/c1-2-22-13-9(15(24)11-16(25)21-26-17(11)22)8-10(18)14(12(13)19)23-7-5-3-4-6-20-23/h3-8H,2H2,1H3,(H,21,25). The van der Waals surface area contributed by atoms with Crippen LogP contribution in [0.5, 0.6) is 0 Å². The van der Waals surface area contributed by atoms with Crippen molar-refractivity contribution < 1.29 is 8.78 Å². The Hall–Kier alpha value is -3.07. The van der Waals surface area contributed by atoms with Crippen LogP contribution in [0.15, 0.2) is 45.2 Å². The predicted molar refractivity (Wildman–Crippen MR) is 99.1 cm³/mol. The first-order valence-electron chi connectivity index (χ1n) is 7.77. The van der Waals surface area contributed by atoms with Crippen LogP contribution in [-0.4, -0.2) is 15.2 Å². The number of halogens is 2. The zero-order valence-electron chi connectivity index (χ0n) is 13.5. The summed E-state index contributed by atoms with van der Waals surface area (Å²) in [5, 5.41) is 4.78. The Labute approximate surface area is 149 Å². The molecule has 0 radical (unpaired) electrons. The zero-order valence-corrected chi connectivity index (χ0v) is 14.3. The Morgan fingerprint density at radius 1 is 1.23 bits per heavy atom. The van der Waals surface area contributed by atoms with E-state index in [4.69, 9.17) is 0 Å². The van der Waals surface area contributed by atoms with Gasteiger partial charge in [-0.1, -0.05) is 6.08 Å². The maximum Gasteiger partial charge on any atom is 0.271 e. The molecule has 9 heteroatoms. The Balaban J connectivity index is 2.17. The van der Waals surface area contributed by atoms with Gasteiger partial charge >= 0.3 is 0 Å². The van der Waals surface area contributed by atoms with Gasteiger partial charge in [-0.15, -0.1) is 0 Å². The summed E-state index contributed by atoms with van der Waals surface area (Å²) < 4.78 is 34.0. The number of aromatic nitrogens is 2. The Morgan fingerprint density at radius 2 is 2.04 bits per heavy atom. The van der Waals surface area contributed by atoms with Crippen LogP contribution >= 0.6 is 11.5 Å². The summed E-state index contributed by atoms with van der Waals surface area (Å²) in [5.74, 6) is -1.85. The average molecular weight is 374 g/mol. The van der Waals surface area contributed by atoms with Gasteiger partial charge in [-0.2, -0.15) is 5.10 Å². The summed E-state index contributed by atoms with van der Waals surface area (Å²) in [6.45, 7) is 2.05. The summed E-state index contributed by atoms with van der Waals surface area (Å²) in [6.07, 6.45) is 7.69. The lowest BCUT2D eigenvalue weighted by atomic mass is 10.1. The lowest BCUT2D eigenvalue weighted by molar-refractivity contribution is 0.584. The molecule has 4 rings (SSSR count). The Kier molecular flexibility index (Phi) is 3.80. The third-order valence-corrected chi connectivity index (χ3v) is 5.01. The maximum atomic E-state index is 15.4. The number of H-pyrrole nitrogens is 1. The lowest BCUT2D eigenvalue weighted by Crippen LogP contribution is -2.18. The molecular weight excluding hydrogens is 362 g/mol. The van der Waals surface area contributed by atoms with E-state index in [1.54, 1.807) is 25.2 Å². The highest BCUT2D eigenvalue weighted by Crippen LogP contribution is 2.32. The van der Waals surface area contributed by atoms with E-state index in [1.807, 2.05) is 0 Å². The number of fused-ring (bicyclic) bond motifs is 2. The first kappa shape index (κ1) is 16.4. The molecular formula is C17H12F2N4O2S. The van der Waals surface area contributed by atoms with E-state index in [1.165, 1.54) is 17.0 Å². The van der Waals surface area contributed by atoms with Crippen molar-refractivity contribution >= 4 is 44.6 Å². The van der Waals surface area contributed by atoms with Gasteiger partial charge in [0.2, 0.25) is 5.43 Å². The molecule has 6 nitrogen and oxygen atoms in total. The van der Waals surface area contributed by atoms with E-state index < -0.39 is 28.3 Å². The number of pyridine rings is 1. The highest BCUT2D eigenvalue weighted by Gasteiger charge is 2.24. The van der Waals surface area contributed by atoms with E-state index in [0.29, 0.717) is 11.4 Å². The molecule has 0 aliphatic carbocycles. The third kappa shape index (κ3) is 2.24. The van der Waals surface area contributed by atoms with Crippen molar-refractivity contribution in [1.82, 2.24) is 8.94 Å². The summed E-state index contributed by atoms with van der Waals surface area (Å²) in [6, 6.07) is 0.959. The van der Waals surface area contributed by atoms with E-state index in [-0.39, 0.29) is 16.3 Å². The van der Waals surface area contributed by atoms with Gasteiger partial charge in [0, 0.05) is 19.0 Å². The molecule has 0 spiro atoms. The molecule has 1 N–H and O–H groups in total. The SMILES string of the molecule is CCn1c2s[nH]c(=O)c2c(=O)c2cc(F)c(N3C=CC=CC=N3)c(F)c21. The molecule has 0 saturated carbocycles. The number of hydrazone groups is 1. The van der Waals surface area contributed by atoms with Gasteiger partial charge in [0.05, 0.1) is 10.9 Å². The van der Waals surface area contributed by atoms with Crippen LogP contribution < -0.4 is 16.0 Å². The topological polar surface area (TPSA) is 70.5 Å². The van der Waals surface area contributed by atoms with Gasteiger partial charge in [0.1, 0.15) is 15.9 Å². The number of aromatic amines is 1. The van der Waals surface area contributed by atoms with Gasteiger partial charge in [-0.25, -0.2) is 13.8 Å². The van der Waals surface area contributed by atoms with E-state index in [9.17, 15) is 14.0 Å². The number of nitrogens with one attached hydrogen (secondary N) is 1. The zero-order chi connectivity index (χ0) is 18.4. The number of hydrogen-bond acceptors (Lipinski definition) is 5. The number of allylic oxidation sites excluding steroid dienone is 3. The minimum absolute atomic E-state index is 0.0579. The molecule has 0 saturated heterocycles. The van der Waals surface area contributed by atoms with Crippen LogP contribution in [0.4, 0.5) is 14.5 Å². The molecule has 0 amide bonds. The number of benzene rings is 1. The van der Waals surface area contributed by atoms with Crippen molar-refractivity contribution in [2.24, 2.45) is 5.10 Å². The van der Waals surface area contributed by atoms with Crippen molar-refractivity contribution in [3.05, 3.63) is 62.7 Å². The summed E-state index contributed by atoms with van der Waals surface area (Å²) >= 11 is 0.950. The Bertz CT molecular complexity index is 1230. The molecule has 0 atom stereocenters. The van der Waals surface area contributed by atoms with Gasteiger partial charge in [0.25, 0.3) is 5.56 Å². The van der Waals surface area contributed by atoms with Crippen LogP contribution in [-0.2, 0) is 6.54 Å². The second-order valence-corrected chi connectivity index (χ2v) is 6.33. The highest BCUT2D eigenvalue weighted by atomic mass is 32.1. The number of nitrogens with zero attached hydrogens (tertiary/aromatic N) is 3. The van der Waals surface area contributed by atoms with Crippen molar-refractivity contribution in [2.45, 2.75) is 13.5 Å². The van der Waals surface area contributed by atoms with Gasteiger partial charge in [-0.3, -0.25) is 14.0 Å². The molecule has 3 aromatic rings. The van der Waals surface area contributed by atoms with Crippen molar-refractivity contribution in [2.75, 3.05) is 5.01 Å². The van der Waals surface area contributed by atoms with E-state index >= 15 is 4.39 Å². The van der Waals surface area contributed by atoms with Crippen LogP contribution in [0, 0.1) is 11.6 Å². The minimum atomic E-state index is -0.940. The number of aryl methyl sites for hydroxylation is 1. The van der Waals surface area contributed by atoms with Crippen molar-refractivity contribution in [3.8, 4) is 0 Å². The Morgan fingerprint density at radius 3 is 2.81 bits per heavy atom. The fourth-order valence-corrected chi connectivity index (χ4v) is 3.90. The van der Waals surface area contributed by atoms with Gasteiger partial charge < -0.3 is 4.57 Å². The number of hydrogen-bond donors (Lipinski definition) is 1. The summed E-state index contributed by atoms with van der Waals surface area (Å²) in [4.78, 5) is 24.9. The number of anilines is 1. The highest BCUT2D eigenvalue weighted by molar-refractivity contribution is 7.12. The van der Waals surface area contributed by atoms with Crippen LogP contribution in [0.25, 0.3) is 21.1 Å². The van der Waals surface area contributed by atoms with Crippen molar-refractivity contribution in [3.63, 3.8) is 0 Å². The lowest BCUT2D eigenvalue weighted by Gasteiger charge is -2.18. The molecule has 1 aromatic carbocycles. The average Bonchev–Trinajstić information content (AvgIpc) is 2.82. The third-order valence-electron chi connectivity index (χ3n) is 4.11. The van der Waals surface area contributed by atoms with Crippen LogP contribution in [0.1, 0.15) is 6.92 Å². The predicted octanol–water partition coefficient (Wildman–Crippen LogP) is 3.08. The molecule has 3 heterocycles. The maximum absolute atomic E-state index is 15.4. The molecule has 2 aromatic heterocycles. The minimum Gasteiger partial charge on any atom is -0.329 e. The fraction of sp³-hybridized carbons (Fsp3) is 0.118. The molecule has 1 aliphatic rings. The second-order valence-electron chi connectivity index (χ2n) is 5.54. The van der Waals surface area contributed by atoms with Crippen LogP contribution in [0.3, 0.4) is 0 Å². The monoisotopic (exact) mass is 374 g/mol. The molecule has 0 fully saturated rings. The molecule has 0 unspecified atom stereocenters. The number of rotatable bonds is 2. The molecule has 26 heavy (non-hydrogen) atoms. The van der Waals surface area contributed by atoms with Gasteiger partial charge in [0.15, 0.2) is 11.6 Å². The van der Waals surface area contributed by atoms with E-state index in [0.717, 1.165) is 22.6 Å². The largest absolute Gasteiger partial charge is 0.329 e. The smallest absolute Gasteiger partial charge is 0.271 e. The van der Waals surface area contributed by atoms with Gasteiger partial charge in [-0.05, 0) is 36.7 Å². The summed E-state index contributed by atoms with van der Waals surface area (Å²) in [5.41, 5.74) is -1.70. The quantitative estimate of drug-likeness (QED) is 0.749. The molecule has 132 valence electrons. The molecule has 1 aliphatic heterocycles. The van der Waals surface area contributed by atoms with Crippen LogP contribution in [0.2, 0.25) is 0 Å². The normalized spacial score (nSPS) is 13.9. The first-order valence-corrected chi connectivity index (χ1v) is 8.58. The van der Waals surface area contributed by atoms with E-state index in [2.05, 4.69) is 9.47 Å². The van der Waals surface area contributed by atoms with Crippen molar-refractivity contribution in [1.29, 1.82) is 0 Å².